The summed E-state index contributed by atoms with van der Waals surface area (Å²) >= 11 is 0. The fourth-order valence-electron chi connectivity index (χ4n) is 3.96. The number of benzene rings is 1. The van der Waals surface area contributed by atoms with E-state index < -0.39 is 0 Å². The number of ketones is 1. The van der Waals surface area contributed by atoms with Gasteiger partial charge in [-0.05, 0) is 42.9 Å². The normalized spacial score (nSPS) is 15.9. The lowest BCUT2D eigenvalue weighted by molar-refractivity contribution is -0.129. The van der Waals surface area contributed by atoms with Crippen molar-refractivity contribution in [3.8, 4) is 0 Å². The maximum atomic E-state index is 13.8. The monoisotopic (exact) mass is 360 g/mol. The molecule has 0 spiro atoms. The van der Waals surface area contributed by atoms with Gasteiger partial charge in [0.2, 0.25) is 5.91 Å². The largest absolute Gasteiger partial charge is 0.344 e. The standard InChI is InChI=1S/C20H25FN2O3/c1-20(2)11-16-19(17(24)12-20)14-10-13(21)7-8-15(14)23(16)9-5-3-4-6-18(25)22-26/h7-8,10,26H,3-6,9,11-12H2,1-2H3,(H,22,25). The van der Waals surface area contributed by atoms with Gasteiger partial charge >= 0.3 is 0 Å². The Morgan fingerprint density at radius 3 is 2.77 bits per heavy atom. The maximum Gasteiger partial charge on any atom is 0.243 e. The number of carbonyl (C=O) groups is 2. The van der Waals surface area contributed by atoms with Crippen molar-refractivity contribution < 1.29 is 19.2 Å². The molecule has 0 saturated heterocycles. The topological polar surface area (TPSA) is 71.3 Å². The first-order valence-electron chi connectivity index (χ1n) is 9.09. The van der Waals surface area contributed by atoms with Gasteiger partial charge in [0, 0.05) is 41.5 Å². The number of nitrogens with one attached hydrogen (secondary N) is 1. The first-order valence-corrected chi connectivity index (χ1v) is 9.09. The summed E-state index contributed by atoms with van der Waals surface area (Å²) in [4.78, 5) is 23.8. The maximum absolute atomic E-state index is 13.8. The Balaban J connectivity index is 1.87. The third-order valence-electron chi connectivity index (χ3n) is 5.11. The fourth-order valence-corrected chi connectivity index (χ4v) is 3.96. The molecule has 0 unspecified atom stereocenters. The molecule has 2 aromatic rings. The van der Waals surface area contributed by atoms with E-state index in [1.54, 1.807) is 11.5 Å². The summed E-state index contributed by atoms with van der Waals surface area (Å²) in [6.07, 6.45) is 3.93. The number of halogens is 1. The number of amides is 1. The lowest BCUT2D eigenvalue weighted by Gasteiger charge is -2.29. The fraction of sp³-hybridized carbons (Fsp3) is 0.500. The summed E-state index contributed by atoms with van der Waals surface area (Å²) < 4.78 is 15.9. The van der Waals surface area contributed by atoms with E-state index in [9.17, 15) is 14.0 Å². The number of fused-ring (bicyclic) bond motifs is 3. The second kappa shape index (κ2) is 7.19. The van der Waals surface area contributed by atoms with Crippen LogP contribution < -0.4 is 5.48 Å². The van der Waals surface area contributed by atoms with Gasteiger partial charge in [-0.15, -0.1) is 0 Å². The molecule has 1 heterocycles. The quantitative estimate of drug-likeness (QED) is 0.465. The van der Waals surface area contributed by atoms with E-state index >= 15 is 0 Å². The number of carbonyl (C=O) groups excluding carboxylic acids is 2. The molecule has 140 valence electrons. The molecule has 26 heavy (non-hydrogen) atoms. The second-order valence-corrected chi connectivity index (χ2v) is 7.92. The van der Waals surface area contributed by atoms with Crippen molar-refractivity contribution in [1.29, 1.82) is 0 Å². The number of unbranched alkanes of at least 4 members (excludes halogenated alkanes) is 2. The molecule has 0 bridgehead atoms. The highest BCUT2D eigenvalue weighted by atomic mass is 19.1. The molecular formula is C20H25FN2O3. The third-order valence-corrected chi connectivity index (χ3v) is 5.11. The van der Waals surface area contributed by atoms with Crippen LogP contribution in [0.4, 0.5) is 4.39 Å². The van der Waals surface area contributed by atoms with Gasteiger partial charge < -0.3 is 4.57 Å². The van der Waals surface area contributed by atoms with Gasteiger partial charge in [-0.1, -0.05) is 20.3 Å². The van der Waals surface area contributed by atoms with E-state index in [1.807, 2.05) is 0 Å². The Hall–Kier alpha value is -2.21. The molecule has 5 nitrogen and oxygen atoms in total. The van der Waals surface area contributed by atoms with Crippen LogP contribution in [-0.4, -0.2) is 21.5 Å². The molecule has 1 aromatic carbocycles. The molecule has 0 atom stereocenters. The van der Waals surface area contributed by atoms with E-state index in [2.05, 4.69) is 18.4 Å². The first-order chi connectivity index (χ1) is 12.3. The average Bonchev–Trinajstić information content (AvgIpc) is 2.85. The molecule has 0 aliphatic heterocycles. The molecule has 1 amide bonds. The summed E-state index contributed by atoms with van der Waals surface area (Å²) in [5.41, 5.74) is 4.11. The van der Waals surface area contributed by atoms with Gasteiger partial charge in [0.15, 0.2) is 5.78 Å². The number of aryl methyl sites for hydroxylation is 1. The molecule has 1 aliphatic carbocycles. The van der Waals surface area contributed by atoms with E-state index in [1.165, 1.54) is 12.1 Å². The molecular weight excluding hydrogens is 335 g/mol. The van der Waals surface area contributed by atoms with Crippen molar-refractivity contribution in [2.45, 2.75) is 58.9 Å². The minimum absolute atomic E-state index is 0.0882. The van der Waals surface area contributed by atoms with Crippen LogP contribution in [0.5, 0.6) is 0 Å². The zero-order valence-electron chi connectivity index (χ0n) is 15.3. The van der Waals surface area contributed by atoms with Crippen molar-refractivity contribution in [2.75, 3.05) is 0 Å². The van der Waals surface area contributed by atoms with Gasteiger partial charge in [-0.25, -0.2) is 9.87 Å². The van der Waals surface area contributed by atoms with Crippen LogP contribution in [-0.2, 0) is 17.8 Å². The highest BCUT2D eigenvalue weighted by molar-refractivity contribution is 6.10. The lowest BCUT2D eigenvalue weighted by Crippen LogP contribution is -2.28. The van der Waals surface area contributed by atoms with Crippen molar-refractivity contribution in [1.82, 2.24) is 10.0 Å². The molecule has 0 radical (unpaired) electrons. The summed E-state index contributed by atoms with van der Waals surface area (Å²) in [6, 6.07) is 4.65. The minimum Gasteiger partial charge on any atom is -0.344 e. The summed E-state index contributed by atoms with van der Waals surface area (Å²) in [6.45, 7) is 4.90. The van der Waals surface area contributed by atoms with Crippen LogP contribution in [0.15, 0.2) is 18.2 Å². The Labute approximate surface area is 152 Å². The Bertz CT molecular complexity index is 854. The number of Topliss-reactive ketones (excluding diaryl/α,β-unsaturated/α-hetero) is 1. The molecule has 1 aromatic heterocycles. The van der Waals surface area contributed by atoms with E-state index in [-0.39, 0.29) is 29.3 Å². The molecule has 6 heteroatoms. The number of hydrogen-bond acceptors (Lipinski definition) is 3. The number of aromatic nitrogens is 1. The van der Waals surface area contributed by atoms with E-state index in [0.29, 0.717) is 23.8 Å². The highest BCUT2D eigenvalue weighted by Crippen LogP contribution is 2.40. The van der Waals surface area contributed by atoms with Crippen LogP contribution in [0.2, 0.25) is 0 Å². The van der Waals surface area contributed by atoms with Gasteiger partial charge in [-0.3, -0.25) is 14.8 Å². The average molecular weight is 360 g/mol. The van der Waals surface area contributed by atoms with Crippen LogP contribution >= 0.6 is 0 Å². The van der Waals surface area contributed by atoms with Gasteiger partial charge in [0.05, 0.1) is 0 Å². The summed E-state index contributed by atoms with van der Waals surface area (Å²) in [5, 5.41) is 9.23. The first kappa shape index (κ1) is 18.6. The smallest absolute Gasteiger partial charge is 0.243 e. The number of nitrogens with zero attached hydrogens (tertiary/aromatic N) is 1. The van der Waals surface area contributed by atoms with Gasteiger partial charge in [0.1, 0.15) is 5.82 Å². The van der Waals surface area contributed by atoms with Crippen LogP contribution in [0.25, 0.3) is 10.9 Å². The Morgan fingerprint density at radius 2 is 2.04 bits per heavy atom. The number of hydrogen-bond donors (Lipinski definition) is 2. The van der Waals surface area contributed by atoms with E-state index in [0.717, 1.165) is 37.0 Å². The predicted octanol–water partition coefficient (Wildman–Crippen LogP) is 4.00. The van der Waals surface area contributed by atoms with Crippen LogP contribution in [0, 0.1) is 11.2 Å². The zero-order chi connectivity index (χ0) is 18.9. The second-order valence-electron chi connectivity index (χ2n) is 7.92. The molecule has 2 N–H and O–H groups in total. The van der Waals surface area contributed by atoms with E-state index in [4.69, 9.17) is 5.21 Å². The van der Waals surface area contributed by atoms with Crippen molar-refractivity contribution in [3.63, 3.8) is 0 Å². The van der Waals surface area contributed by atoms with Crippen LogP contribution in [0.3, 0.4) is 0 Å². The number of hydroxylamine groups is 1. The summed E-state index contributed by atoms with van der Waals surface area (Å²) in [7, 11) is 0. The summed E-state index contributed by atoms with van der Waals surface area (Å²) in [5.74, 6) is -0.619. The lowest BCUT2D eigenvalue weighted by atomic mass is 9.75. The van der Waals surface area contributed by atoms with Gasteiger partial charge in [0.25, 0.3) is 0 Å². The molecule has 0 saturated carbocycles. The Morgan fingerprint density at radius 1 is 1.27 bits per heavy atom. The van der Waals surface area contributed by atoms with Gasteiger partial charge in [-0.2, -0.15) is 0 Å². The van der Waals surface area contributed by atoms with Crippen molar-refractivity contribution in [2.24, 2.45) is 5.41 Å². The third kappa shape index (κ3) is 3.65. The number of rotatable bonds is 6. The van der Waals surface area contributed by atoms with Crippen LogP contribution in [0.1, 0.15) is 62.0 Å². The minimum atomic E-state index is -0.378. The predicted molar refractivity (Wildman–Crippen MR) is 96.7 cm³/mol. The van der Waals surface area contributed by atoms with Crippen molar-refractivity contribution in [3.05, 3.63) is 35.3 Å². The molecule has 3 rings (SSSR count). The Kier molecular flexibility index (Phi) is 5.14. The molecule has 1 aliphatic rings. The molecule has 0 fully saturated rings. The zero-order valence-corrected chi connectivity index (χ0v) is 15.3. The highest BCUT2D eigenvalue weighted by Gasteiger charge is 2.35. The van der Waals surface area contributed by atoms with Crippen molar-refractivity contribution >= 4 is 22.6 Å². The SMILES string of the molecule is CC1(C)CC(=O)c2c(n(CCCCCC(=O)NO)c3ccc(F)cc23)C1.